The maximum Gasteiger partial charge on any atom is 0.287 e. The summed E-state index contributed by atoms with van der Waals surface area (Å²) in [6.45, 7) is 0. The number of rotatable bonds is 4. The van der Waals surface area contributed by atoms with E-state index in [2.05, 4.69) is 0 Å². The molecule has 0 aliphatic carbocycles. The van der Waals surface area contributed by atoms with E-state index in [9.17, 15) is 20.0 Å². The third kappa shape index (κ3) is 3.05. The van der Waals surface area contributed by atoms with Gasteiger partial charge in [0.1, 0.15) is 4.88 Å². The number of nitrogens with zero attached hydrogens (tertiary/aromatic N) is 1. The first-order chi connectivity index (χ1) is 9.08. The molecule has 6 heteroatoms. The number of nitro groups is 1. The number of aromatic carboxylic acids is 1. The molecule has 0 fully saturated rings. The fraction of sp³-hybridized carbons (Fsp3) is 0. The molecule has 0 radical (unpaired) electrons. The molecule has 0 saturated heterocycles. The molecule has 0 aliphatic heterocycles. The largest absolute Gasteiger partial charge is 0.544 e. The number of carbonyl (C=O) groups excluding carboxylic acids is 1. The maximum absolute atomic E-state index is 10.8. The smallest absolute Gasteiger partial charge is 0.287 e. The van der Waals surface area contributed by atoms with Crippen LogP contribution in [-0.2, 0) is 0 Å². The van der Waals surface area contributed by atoms with E-state index in [1.54, 1.807) is 6.08 Å². The maximum atomic E-state index is 10.8. The highest BCUT2D eigenvalue weighted by molar-refractivity contribution is 7.15. The van der Waals surface area contributed by atoms with E-state index < -0.39 is 10.9 Å². The van der Waals surface area contributed by atoms with Crippen molar-refractivity contribution in [2.45, 2.75) is 0 Å². The molecule has 0 atom stereocenters. The van der Waals surface area contributed by atoms with Gasteiger partial charge in [0, 0.05) is 6.07 Å². The minimum absolute atomic E-state index is 0.153. The zero-order valence-electron chi connectivity index (χ0n) is 9.61. The minimum Gasteiger partial charge on any atom is -0.544 e. The minimum atomic E-state index is -1.41. The first-order valence-electron chi connectivity index (χ1n) is 5.30. The molecule has 0 N–H and O–H groups in total. The Hall–Kier alpha value is -2.47. The number of thiophene rings is 1. The molecule has 0 spiro atoms. The average molecular weight is 274 g/mol. The normalized spacial score (nSPS) is 10.7. The Labute approximate surface area is 112 Å². The summed E-state index contributed by atoms with van der Waals surface area (Å²) in [4.78, 5) is 21.1. The molecule has 1 heterocycles. The fourth-order valence-electron chi connectivity index (χ4n) is 1.49. The highest BCUT2D eigenvalue weighted by atomic mass is 32.1. The average Bonchev–Trinajstić information content (AvgIpc) is 2.82. The summed E-state index contributed by atoms with van der Waals surface area (Å²) in [6.07, 6.45) is 3.22. The second kappa shape index (κ2) is 5.45. The first-order valence-corrected chi connectivity index (χ1v) is 6.12. The van der Waals surface area contributed by atoms with Crippen molar-refractivity contribution in [2.24, 2.45) is 0 Å². The van der Waals surface area contributed by atoms with E-state index in [1.807, 2.05) is 30.3 Å². The Balaban J connectivity index is 2.36. The Kier molecular flexibility index (Phi) is 3.72. The van der Waals surface area contributed by atoms with Crippen molar-refractivity contribution in [3.63, 3.8) is 0 Å². The molecule has 5 nitrogen and oxygen atoms in total. The molecule has 0 saturated carbocycles. The summed E-state index contributed by atoms with van der Waals surface area (Å²) in [5.41, 5.74) is 0.650. The van der Waals surface area contributed by atoms with Crippen LogP contribution in [0.25, 0.3) is 12.2 Å². The zero-order valence-corrected chi connectivity index (χ0v) is 10.4. The van der Waals surface area contributed by atoms with E-state index in [0.717, 1.165) is 23.0 Å². The third-order valence-electron chi connectivity index (χ3n) is 2.36. The van der Waals surface area contributed by atoms with Crippen LogP contribution < -0.4 is 5.11 Å². The monoisotopic (exact) mass is 274 g/mol. The van der Waals surface area contributed by atoms with Crippen molar-refractivity contribution in [3.8, 4) is 0 Å². The number of carbonyl (C=O) groups is 1. The lowest BCUT2D eigenvalue weighted by molar-refractivity contribution is -0.384. The Bertz CT molecular complexity index is 646. The van der Waals surface area contributed by atoms with Crippen LogP contribution in [0.5, 0.6) is 0 Å². The summed E-state index contributed by atoms with van der Waals surface area (Å²) >= 11 is 0.825. The predicted molar refractivity (Wildman–Crippen MR) is 70.7 cm³/mol. The predicted octanol–water partition coefficient (Wildman–Crippen LogP) is 2.19. The lowest BCUT2D eigenvalue weighted by atomic mass is 10.2. The van der Waals surface area contributed by atoms with Crippen molar-refractivity contribution in [1.82, 2.24) is 0 Å². The third-order valence-corrected chi connectivity index (χ3v) is 3.43. The first kappa shape index (κ1) is 13.0. The van der Waals surface area contributed by atoms with Crippen LogP contribution in [0.3, 0.4) is 0 Å². The zero-order chi connectivity index (χ0) is 13.8. The molecule has 0 bridgehead atoms. The van der Waals surface area contributed by atoms with Crippen LogP contribution in [0, 0.1) is 10.1 Å². The summed E-state index contributed by atoms with van der Waals surface area (Å²) < 4.78 is 0. The van der Waals surface area contributed by atoms with Crippen LogP contribution in [0.2, 0.25) is 0 Å². The van der Waals surface area contributed by atoms with Gasteiger partial charge in [0.2, 0.25) is 0 Å². The summed E-state index contributed by atoms with van der Waals surface area (Å²) in [7, 11) is 0. The Morgan fingerprint density at radius 3 is 2.47 bits per heavy atom. The van der Waals surface area contributed by atoms with Gasteiger partial charge in [-0.2, -0.15) is 0 Å². The van der Waals surface area contributed by atoms with Gasteiger partial charge in [0.15, 0.2) is 0 Å². The van der Waals surface area contributed by atoms with Gasteiger partial charge in [-0.15, -0.1) is 11.3 Å². The second-order valence-electron chi connectivity index (χ2n) is 3.65. The van der Waals surface area contributed by atoms with Crippen molar-refractivity contribution in [2.75, 3.05) is 0 Å². The highest BCUT2D eigenvalue weighted by Crippen LogP contribution is 2.30. The second-order valence-corrected chi connectivity index (χ2v) is 4.73. The molecule has 19 heavy (non-hydrogen) atoms. The van der Waals surface area contributed by atoms with E-state index in [0.29, 0.717) is 0 Å². The quantitative estimate of drug-likeness (QED) is 0.632. The van der Waals surface area contributed by atoms with Gasteiger partial charge >= 0.3 is 0 Å². The van der Waals surface area contributed by atoms with Crippen LogP contribution in [0.1, 0.15) is 20.1 Å². The topological polar surface area (TPSA) is 83.3 Å². The molecule has 0 aliphatic rings. The number of carboxylic acids is 1. The van der Waals surface area contributed by atoms with Crippen molar-refractivity contribution in [3.05, 3.63) is 61.8 Å². The molecule has 0 unspecified atom stereocenters. The van der Waals surface area contributed by atoms with E-state index in [4.69, 9.17) is 0 Å². The molecule has 2 rings (SSSR count). The molecule has 96 valence electrons. The van der Waals surface area contributed by atoms with Gasteiger partial charge in [0.05, 0.1) is 15.8 Å². The van der Waals surface area contributed by atoms with Crippen molar-refractivity contribution >= 4 is 35.1 Å². The molecular formula is C13H8NO4S-. The van der Waals surface area contributed by atoms with Gasteiger partial charge in [-0.25, -0.2) is 0 Å². The van der Waals surface area contributed by atoms with Crippen LogP contribution in [-0.4, -0.2) is 10.9 Å². The van der Waals surface area contributed by atoms with Crippen molar-refractivity contribution in [1.29, 1.82) is 0 Å². The summed E-state index contributed by atoms with van der Waals surface area (Å²) in [6, 6.07) is 10.2. The van der Waals surface area contributed by atoms with Gasteiger partial charge in [0.25, 0.3) is 5.69 Å². The van der Waals surface area contributed by atoms with Crippen molar-refractivity contribution < 1.29 is 14.8 Å². The molecule has 0 amide bonds. The standard InChI is InChI=1S/C13H9NO4S/c15-13(16)12-8-10(14(17)18)11(19-12)7-6-9-4-2-1-3-5-9/h1-8H,(H,15,16)/p-1/b7-6+. The highest BCUT2D eigenvalue weighted by Gasteiger charge is 2.17. The molecular weight excluding hydrogens is 266 g/mol. The van der Waals surface area contributed by atoms with Gasteiger partial charge in [-0.3, -0.25) is 10.1 Å². The van der Waals surface area contributed by atoms with E-state index >= 15 is 0 Å². The van der Waals surface area contributed by atoms with Gasteiger partial charge < -0.3 is 9.90 Å². The lowest BCUT2D eigenvalue weighted by Crippen LogP contribution is -2.20. The Morgan fingerprint density at radius 1 is 1.21 bits per heavy atom. The van der Waals surface area contributed by atoms with E-state index in [1.165, 1.54) is 6.08 Å². The van der Waals surface area contributed by atoms with Crippen LogP contribution >= 0.6 is 11.3 Å². The van der Waals surface area contributed by atoms with Gasteiger partial charge in [-0.05, 0) is 11.6 Å². The Morgan fingerprint density at radius 2 is 1.89 bits per heavy atom. The van der Waals surface area contributed by atoms with Crippen LogP contribution in [0.15, 0.2) is 36.4 Å². The number of benzene rings is 1. The number of hydrogen-bond acceptors (Lipinski definition) is 5. The number of carboxylic acid groups (broad SMARTS) is 1. The fourth-order valence-corrected chi connectivity index (χ4v) is 2.36. The lowest BCUT2D eigenvalue weighted by Gasteiger charge is -1.92. The molecule has 2 aromatic rings. The molecule has 1 aromatic heterocycles. The summed E-state index contributed by atoms with van der Waals surface area (Å²) in [5.74, 6) is -1.41. The number of hydrogen-bond donors (Lipinski definition) is 0. The summed E-state index contributed by atoms with van der Waals surface area (Å²) in [5, 5.41) is 21.5. The van der Waals surface area contributed by atoms with Crippen LogP contribution in [0.4, 0.5) is 5.69 Å². The van der Waals surface area contributed by atoms with E-state index in [-0.39, 0.29) is 15.4 Å². The SMILES string of the molecule is O=C([O-])c1cc([N+](=O)[O-])c(/C=C/c2ccccc2)s1. The van der Waals surface area contributed by atoms with Gasteiger partial charge in [-0.1, -0.05) is 36.4 Å². The molecule has 1 aromatic carbocycles.